The van der Waals surface area contributed by atoms with Gasteiger partial charge >= 0.3 is 25.8 Å². The van der Waals surface area contributed by atoms with Crippen molar-refractivity contribution in [3.63, 3.8) is 0 Å². The first-order chi connectivity index (χ1) is 10.2. The molecule has 0 atom stereocenters. The van der Waals surface area contributed by atoms with Crippen molar-refractivity contribution in [2.75, 3.05) is 39.3 Å². The van der Waals surface area contributed by atoms with Gasteiger partial charge in [0.1, 0.15) is 0 Å². The fourth-order valence-electron chi connectivity index (χ4n) is 1.28. The number of nitrogens with zero attached hydrogens (tertiary/aromatic N) is 3. The summed E-state index contributed by atoms with van der Waals surface area (Å²) >= 11 is 0. The fraction of sp³-hybridized carbons (Fsp3) is 1.00. The van der Waals surface area contributed by atoms with Crippen molar-refractivity contribution in [2.45, 2.75) is 80.1 Å². The maximum absolute atomic E-state index is 4.21. The first-order valence-corrected chi connectivity index (χ1v) is 9.14. The molecule has 0 bridgehead atoms. The molecule has 0 heterocycles. The minimum absolute atomic E-state index is 0. The molecule has 0 amide bonds. The molecule has 3 nitrogen and oxygen atoms in total. The fourth-order valence-corrected chi connectivity index (χ4v) is 1.28. The standard InChI is InChI=1S/3C6H14N.In/c3*1-3-5-7-6-4-2;/h3*3-6H2,1-2H3;/q3*-1;+3. The van der Waals surface area contributed by atoms with Crippen LogP contribution in [0.1, 0.15) is 80.1 Å². The normalized spacial score (nSPS) is 9.00. The van der Waals surface area contributed by atoms with Gasteiger partial charge in [-0.15, -0.1) is 39.3 Å². The summed E-state index contributed by atoms with van der Waals surface area (Å²) in [5, 5.41) is 12.6. The van der Waals surface area contributed by atoms with E-state index in [1.54, 1.807) is 0 Å². The van der Waals surface area contributed by atoms with E-state index >= 15 is 0 Å². The van der Waals surface area contributed by atoms with Gasteiger partial charge in [0.25, 0.3) is 0 Å². The summed E-state index contributed by atoms with van der Waals surface area (Å²) < 4.78 is 0. The first kappa shape index (κ1) is 30.6. The minimum atomic E-state index is 0. The Balaban J connectivity index is -0.000000108. The zero-order valence-electron chi connectivity index (χ0n) is 16.4. The molecule has 0 aromatic carbocycles. The van der Waals surface area contributed by atoms with Gasteiger partial charge in [-0.25, -0.2) is 0 Å². The molecular weight excluding hydrogens is 373 g/mol. The zero-order valence-corrected chi connectivity index (χ0v) is 19.7. The van der Waals surface area contributed by atoms with Crippen LogP contribution < -0.4 is 0 Å². The Morgan fingerprint density at radius 3 is 0.591 bits per heavy atom. The van der Waals surface area contributed by atoms with E-state index < -0.39 is 0 Å². The molecule has 0 radical (unpaired) electrons. The maximum Gasteiger partial charge on any atom is 3.00 e. The molecule has 22 heavy (non-hydrogen) atoms. The van der Waals surface area contributed by atoms with E-state index in [-0.39, 0.29) is 25.8 Å². The number of rotatable bonds is 12. The predicted octanol–water partition coefficient (Wildman–Crippen LogP) is 6.16. The van der Waals surface area contributed by atoms with E-state index in [4.69, 9.17) is 0 Å². The molecular formula is C18H42InN3. The van der Waals surface area contributed by atoms with Crippen molar-refractivity contribution in [2.24, 2.45) is 0 Å². The van der Waals surface area contributed by atoms with Gasteiger partial charge in [-0.05, 0) is 0 Å². The van der Waals surface area contributed by atoms with E-state index in [1.165, 1.54) is 38.5 Å². The Morgan fingerprint density at radius 1 is 0.364 bits per heavy atom. The molecule has 0 aliphatic rings. The molecule has 0 N–H and O–H groups in total. The Morgan fingerprint density at radius 2 is 0.500 bits per heavy atom. The summed E-state index contributed by atoms with van der Waals surface area (Å²) in [5.41, 5.74) is 0. The molecule has 0 aromatic rings. The van der Waals surface area contributed by atoms with Crippen molar-refractivity contribution in [1.82, 2.24) is 0 Å². The molecule has 0 aromatic heterocycles. The van der Waals surface area contributed by atoms with Crippen LogP contribution in [0.25, 0.3) is 16.0 Å². The van der Waals surface area contributed by atoms with E-state index in [0.29, 0.717) is 0 Å². The molecule has 0 rings (SSSR count). The van der Waals surface area contributed by atoms with Crippen LogP contribution in [0.3, 0.4) is 0 Å². The van der Waals surface area contributed by atoms with Gasteiger partial charge in [0, 0.05) is 0 Å². The zero-order chi connectivity index (χ0) is 16.6. The van der Waals surface area contributed by atoms with Crippen molar-refractivity contribution < 1.29 is 0 Å². The van der Waals surface area contributed by atoms with E-state index in [2.05, 4.69) is 57.5 Å². The van der Waals surface area contributed by atoms with Gasteiger partial charge in [-0.3, -0.25) is 0 Å². The second kappa shape index (κ2) is 37.8. The van der Waals surface area contributed by atoms with Crippen LogP contribution in [0.2, 0.25) is 0 Å². The molecule has 0 unspecified atom stereocenters. The quantitative estimate of drug-likeness (QED) is 0.343. The van der Waals surface area contributed by atoms with Crippen molar-refractivity contribution in [1.29, 1.82) is 0 Å². The average molecular weight is 415 g/mol. The van der Waals surface area contributed by atoms with Gasteiger partial charge in [-0.1, -0.05) is 80.1 Å². The van der Waals surface area contributed by atoms with Crippen molar-refractivity contribution in [3.8, 4) is 0 Å². The molecule has 0 saturated carbocycles. The van der Waals surface area contributed by atoms with Crippen LogP contribution in [0, 0.1) is 0 Å². The smallest absolute Gasteiger partial charge is 0.662 e. The third-order valence-electron chi connectivity index (χ3n) is 2.29. The number of hydrogen-bond donors (Lipinski definition) is 0. The maximum atomic E-state index is 4.21. The summed E-state index contributed by atoms with van der Waals surface area (Å²) in [6, 6.07) is 0. The van der Waals surface area contributed by atoms with Crippen LogP contribution in [-0.4, -0.2) is 65.1 Å². The molecule has 132 valence electrons. The summed E-state index contributed by atoms with van der Waals surface area (Å²) in [4.78, 5) is 0. The predicted molar refractivity (Wildman–Crippen MR) is 107 cm³/mol. The summed E-state index contributed by atoms with van der Waals surface area (Å²) in [6.07, 6.45) is 7.17. The molecule has 0 fully saturated rings. The Kier molecular flexibility index (Phi) is 52.5. The minimum Gasteiger partial charge on any atom is -0.662 e. The molecule has 0 saturated heterocycles. The third-order valence-corrected chi connectivity index (χ3v) is 2.29. The van der Waals surface area contributed by atoms with Gasteiger partial charge in [0.05, 0.1) is 0 Å². The summed E-state index contributed by atoms with van der Waals surface area (Å²) in [5.74, 6) is 0. The Bertz CT molecular complexity index is 99.7. The van der Waals surface area contributed by atoms with Crippen LogP contribution in [0.5, 0.6) is 0 Å². The van der Waals surface area contributed by atoms with Crippen LogP contribution in [-0.2, 0) is 0 Å². The monoisotopic (exact) mass is 415 g/mol. The largest absolute Gasteiger partial charge is 3.00 e. The Hall–Kier alpha value is 0.750. The number of hydrogen-bond acceptors (Lipinski definition) is 0. The van der Waals surface area contributed by atoms with Crippen molar-refractivity contribution >= 4 is 25.8 Å². The SMILES string of the molecule is CCC[N-]CCC.CCC[N-]CCC.CCC[N-]CCC.[In+3]. The van der Waals surface area contributed by atoms with E-state index in [9.17, 15) is 0 Å². The Labute approximate surface area is 161 Å². The summed E-state index contributed by atoms with van der Waals surface area (Å²) in [6.45, 7) is 19.2. The molecule has 4 heteroatoms. The second-order valence-corrected chi connectivity index (χ2v) is 5.01. The van der Waals surface area contributed by atoms with Gasteiger partial charge in [0.15, 0.2) is 0 Å². The topological polar surface area (TPSA) is 42.3 Å². The van der Waals surface area contributed by atoms with Crippen LogP contribution in [0.15, 0.2) is 0 Å². The van der Waals surface area contributed by atoms with Crippen molar-refractivity contribution in [3.05, 3.63) is 16.0 Å². The van der Waals surface area contributed by atoms with E-state index in [0.717, 1.165) is 39.3 Å². The van der Waals surface area contributed by atoms with Gasteiger partial charge in [0.2, 0.25) is 0 Å². The second-order valence-electron chi connectivity index (χ2n) is 5.01. The molecule has 0 spiro atoms. The van der Waals surface area contributed by atoms with Crippen LogP contribution >= 0.6 is 0 Å². The van der Waals surface area contributed by atoms with Crippen LogP contribution in [0.4, 0.5) is 0 Å². The molecule has 0 aliphatic carbocycles. The molecule has 0 aliphatic heterocycles. The van der Waals surface area contributed by atoms with Gasteiger partial charge < -0.3 is 16.0 Å². The summed E-state index contributed by atoms with van der Waals surface area (Å²) in [7, 11) is 0. The van der Waals surface area contributed by atoms with E-state index in [1.807, 2.05) is 0 Å². The average Bonchev–Trinajstić information content (AvgIpc) is 2.50. The van der Waals surface area contributed by atoms with Gasteiger partial charge in [-0.2, -0.15) is 0 Å². The third kappa shape index (κ3) is 49.8. The first-order valence-electron chi connectivity index (χ1n) is 9.14.